The van der Waals surface area contributed by atoms with Gasteiger partial charge in [0.25, 0.3) is 0 Å². The van der Waals surface area contributed by atoms with Crippen molar-refractivity contribution in [2.24, 2.45) is 0 Å². The van der Waals surface area contributed by atoms with Crippen LogP contribution in [0.4, 0.5) is 5.69 Å². The summed E-state index contributed by atoms with van der Waals surface area (Å²) in [7, 11) is 1.85. The van der Waals surface area contributed by atoms with E-state index < -0.39 is 5.97 Å². The fraction of sp³-hybridized carbons (Fsp3) is 0.556. The maximum atomic E-state index is 12.3. The van der Waals surface area contributed by atoms with Crippen LogP contribution in [0.5, 0.6) is 0 Å². The fourth-order valence-electron chi connectivity index (χ4n) is 3.19. The number of carboxylic acids is 1. The second-order valence-electron chi connectivity index (χ2n) is 6.70. The molecule has 1 unspecified atom stereocenters. The van der Waals surface area contributed by atoms with E-state index in [1.807, 2.05) is 37.1 Å². The molecule has 0 aromatic heterocycles. The van der Waals surface area contributed by atoms with E-state index in [9.17, 15) is 9.59 Å². The first-order chi connectivity index (χ1) is 11.8. The van der Waals surface area contributed by atoms with Gasteiger partial charge in [0.1, 0.15) is 0 Å². The Balaban J connectivity index is 0.00000338. The highest BCUT2D eigenvalue weighted by Crippen LogP contribution is 2.23. The lowest BCUT2D eigenvalue weighted by molar-refractivity contribution is -0.138. The number of aliphatic carboxylic acids is 1. The Kier molecular flexibility index (Phi) is 9.36. The van der Waals surface area contributed by atoms with Gasteiger partial charge in [-0.2, -0.15) is 0 Å². The molecule has 26 heavy (non-hydrogen) atoms. The summed E-state index contributed by atoms with van der Waals surface area (Å²) in [6.45, 7) is 3.94. The summed E-state index contributed by atoms with van der Waals surface area (Å²) in [4.78, 5) is 27.1. The van der Waals surface area contributed by atoms with Gasteiger partial charge >= 0.3 is 5.97 Å². The van der Waals surface area contributed by atoms with E-state index in [0.717, 1.165) is 37.9 Å². The number of carbonyl (C=O) groups is 2. The molecule has 6 nitrogen and oxygen atoms in total. The lowest BCUT2D eigenvalue weighted by Gasteiger charge is -2.25. The van der Waals surface area contributed by atoms with Crippen molar-refractivity contribution in [2.45, 2.75) is 32.2 Å². The maximum absolute atomic E-state index is 12.3. The Labute approximate surface area is 165 Å². The van der Waals surface area contributed by atoms with E-state index >= 15 is 0 Å². The molecule has 1 atom stereocenters. The van der Waals surface area contributed by atoms with Gasteiger partial charge in [-0.15, -0.1) is 12.4 Å². The highest BCUT2D eigenvalue weighted by atomic mass is 35.5. The average Bonchev–Trinajstić information content (AvgIpc) is 2.75. The Bertz CT molecular complexity index is 628. The molecule has 1 saturated heterocycles. The maximum Gasteiger partial charge on any atom is 0.317 e. The number of likely N-dealkylation sites (tertiary alicyclic amines) is 1. The molecule has 1 amide bonds. The average molecular weight is 404 g/mol. The molecule has 0 aliphatic carbocycles. The molecule has 0 spiro atoms. The Morgan fingerprint density at radius 1 is 1.35 bits per heavy atom. The first-order valence-electron chi connectivity index (χ1n) is 8.55. The van der Waals surface area contributed by atoms with E-state index in [1.165, 1.54) is 0 Å². The summed E-state index contributed by atoms with van der Waals surface area (Å²) in [5, 5.41) is 12.3. The zero-order valence-corrected chi connectivity index (χ0v) is 16.8. The van der Waals surface area contributed by atoms with Gasteiger partial charge in [0.15, 0.2) is 0 Å². The summed E-state index contributed by atoms with van der Waals surface area (Å²) in [5.74, 6) is -0.888. The smallest absolute Gasteiger partial charge is 0.317 e. The standard InChI is InChI=1S/C18H26ClN3O3.ClH/c1-13-5-6-16(15(19)10-13)20-17(23)11-22-8-3-4-14(7-9-22)21(2)12-18(24)25;/h5-6,10,14H,3-4,7-9,11-12H2,1-2H3,(H,20,23)(H,24,25);1H. The van der Waals surface area contributed by atoms with Crippen LogP contribution in [-0.4, -0.2) is 66.1 Å². The van der Waals surface area contributed by atoms with Crippen LogP contribution < -0.4 is 5.32 Å². The van der Waals surface area contributed by atoms with E-state index in [0.29, 0.717) is 17.3 Å². The molecule has 146 valence electrons. The predicted molar refractivity (Wildman–Crippen MR) is 106 cm³/mol. The van der Waals surface area contributed by atoms with Crippen LogP contribution in [0.15, 0.2) is 18.2 Å². The second-order valence-corrected chi connectivity index (χ2v) is 7.11. The molecule has 2 N–H and O–H groups in total. The van der Waals surface area contributed by atoms with Crippen molar-refractivity contribution in [1.82, 2.24) is 9.80 Å². The van der Waals surface area contributed by atoms with Gasteiger partial charge in [0.2, 0.25) is 5.91 Å². The number of benzene rings is 1. The van der Waals surface area contributed by atoms with Gasteiger partial charge in [0, 0.05) is 12.6 Å². The predicted octanol–water partition coefficient (Wildman–Crippen LogP) is 2.88. The molecule has 0 bridgehead atoms. The monoisotopic (exact) mass is 403 g/mol. The van der Waals surface area contributed by atoms with Crippen molar-refractivity contribution in [2.75, 3.05) is 38.5 Å². The van der Waals surface area contributed by atoms with Crippen LogP contribution in [0.3, 0.4) is 0 Å². The summed E-state index contributed by atoms with van der Waals surface area (Å²) in [5.41, 5.74) is 1.68. The van der Waals surface area contributed by atoms with E-state index in [2.05, 4.69) is 10.2 Å². The Hall–Kier alpha value is -1.34. The van der Waals surface area contributed by atoms with Crippen LogP contribution in [0.25, 0.3) is 0 Å². The number of carboxylic acid groups (broad SMARTS) is 1. The number of aryl methyl sites for hydroxylation is 1. The molecule has 8 heteroatoms. The van der Waals surface area contributed by atoms with E-state index in [-0.39, 0.29) is 30.9 Å². The van der Waals surface area contributed by atoms with Crippen molar-refractivity contribution in [3.8, 4) is 0 Å². The number of rotatable bonds is 6. The normalized spacial score (nSPS) is 18.1. The summed E-state index contributed by atoms with van der Waals surface area (Å²) >= 11 is 6.16. The minimum atomic E-state index is -0.807. The van der Waals surface area contributed by atoms with Crippen molar-refractivity contribution >= 4 is 41.6 Å². The number of likely N-dealkylation sites (N-methyl/N-ethyl adjacent to an activating group) is 1. The fourth-order valence-corrected chi connectivity index (χ4v) is 3.48. The number of hydrogen-bond donors (Lipinski definition) is 2. The number of hydrogen-bond acceptors (Lipinski definition) is 4. The van der Waals surface area contributed by atoms with Crippen molar-refractivity contribution in [3.63, 3.8) is 0 Å². The molecular formula is C18H27Cl2N3O3. The minimum absolute atomic E-state index is 0. The number of nitrogens with one attached hydrogen (secondary N) is 1. The largest absolute Gasteiger partial charge is 0.480 e. The van der Waals surface area contributed by atoms with Gasteiger partial charge in [-0.05, 0) is 57.5 Å². The van der Waals surface area contributed by atoms with Gasteiger partial charge in [0.05, 0.1) is 23.8 Å². The van der Waals surface area contributed by atoms with Crippen LogP contribution in [0, 0.1) is 6.92 Å². The molecule has 1 aliphatic heterocycles. The van der Waals surface area contributed by atoms with Crippen LogP contribution >= 0.6 is 24.0 Å². The van der Waals surface area contributed by atoms with Gasteiger partial charge in [-0.25, -0.2) is 0 Å². The highest BCUT2D eigenvalue weighted by Gasteiger charge is 2.22. The molecule has 1 aromatic carbocycles. The number of halogens is 2. The molecular weight excluding hydrogens is 377 g/mol. The lowest BCUT2D eigenvalue weighted by Crippen LogP contribution is -2.37. The molecule has 1 aromatic rings. The quantitative estimate of drug-likeness (QED) is 0.763. The lowest BCUT2D eigenvalue weighted by atomic mass is 10.1. The number of nitrogens with zero attached hydrogens (tertiary/aromatic N) is 2. The molecule has 0 radical (unpaired) electrons. The van der Waals surface area contributed by atoms with Crippen molar-refractivity contribution in [3.05, 3.63) is 28.8 Å². The SMILES string of the molecule is Cc1ccc(NC(=O)CN2CCCC(N(C)CC(=O)O)CC2)c(Cl)c1.Cl. The van der Waals surface area contributed by atoms with Gasteiger partial charge < -0.3 is 10.4 Å². The van der Waals surface area contributed by atoms with E-state index in [1.54, 1.807) is 0 Å². The molecule has 1 heterocycles. The van der Waals surface area contributed by atoms with Crippen molar-refractivity contribution < 1.29 is 14.7 Å². The number of anilines is 1. The van der Waals surface area contributed by atoms with Crippen LogP contribution in [0.1, 0.15) is 24.8 Å². The zero-order chi connectivity index (χ0) is 18.4. The Morgan fingerprint density at radius 2 is 2.08 bits per heavy atom. The second kappa shape index (κ2) is 10.7. The number of amides is 1. The first kappa shape index (κ1) is 22.7. The van der Waals surface area contributed by atoms with Crippen LogP contribution in [0.2, 0.25) is 5.02 Å². The third kappa shape index (κ3) is 7.11. The zero-order valence-electron chi connectivity index (χ0n) is 15.2. The molecule has 2 rings (SSSR count). The summed E-state index contributed by atoms with van der Waals surface area (Å²) < 4.78 is 0. The number of carbonyl (C=O) groups excluding carboxylic acids is 1. The highest BCUT2D eigenvalue weighted by molar-refractivity contribution is 6.33. The first-order valence-corrected chi connectivity index (χ1v) is 8.93. The summed E-state index contributed by atoms with van der Waals surface area (Å²) in [6, 6.07) is 5.80. The van der Waals surface area contributed by atoms with E-state index in [4.69, 9.17) is 16.7 Å². The topological polar surface area (TPSA) is 72.9 Å². The molecule has 1 aliphatic rings. The minimum Gasteiger partial charge on any atom is -0.480 e. The van der Waals surface area contributed by atoms with Gasteiger partial charge in [-0.1, -0.05) is 17.7 Å². The summed E-state index contributed by atoms with van der Waals surface area (Å²) in [6.07, 6.45) is 2.77. The third-order valence-electron chi connectivity index (χ3n) is 4.56. The van der Waals surface area contributed by atoms with Crippen LogP contribution in [-0.2, 0) is 9.59 Å². The Morgan fingerprint density at radius 3 is 2.73 bits per heavy atom. The molecule has 1 fully saturated rings. The van der Waals surface area contributed by atoms with Crippen molar-refractivity contribution in [1.29, 1.82) is 0 Å². The third-order valence-corrected chi connectivity index (χ3v) is 4.88. The molecule has 0 saturated carbocycles. The van der Waals surface area contributed by atoms with Gasteiger partial charge in [-0.3, -0.25) is 19.4 Å².